The minimum atomic E-state index is 0.472. The molecule has 2 fully saturated rings. The molecule has 124 valence electrons. The molecule has 0 aromatic heterocycles. The standard InChI is InChI=1S/C19H38N2/c1-6-8-15-9-10-17(20-7-2)18(13-15)21-12-11-16(14-21)19(3,4)5/h15-18,20H,6-14H2,1-5H3. The highest BCUT2D eigenvalue weighted by Crippen LogP contribution is 2.38. The molecule has 1 aliphatic carbocycles. The molecule has 0 spiro atoms. The van der Waals surface area contributed by atoms with Crippen molar-refractivity contribution in [1.82, 2.24) is 10.2 Å². The molecule has 1 heterocycles. The molecule has 4 atom stereocenters. The van der Waals surface area contributed by atoms with Crippen LogP contribution in [0.5, 0.6) is 0 Å². The highest BCUT2D eigenvalue weighted by Gasteiger charge is 2.39. The third-order valence-corrected chi connectivity index (χ3v) is 6.00. The molecule has 2 rings (SSSR count). The van der Waals surface area contributed by atoms with Crippen molar-refractivity contribution in [2.45, 2.75) is 85.2 Å². The lowest BCUT2D eigenvalue weighted by molar-refractivity contribution is 0.104. The Morgan fingerprint density at radius 3 is 2.43 bits per heavy atom. The van der Waals surface area contributed by atoms with Crippen LogP contribution >= 0.6 is 0 Å². The maximum Gasteiger partial charge on any atom is 0.0252 e. The Balaban J connectivity index is 1.99. The monoisotopic (exact) mass is 294 g/mol. The third-order valence-electron chi connectivity index (χ3n) is 6.00. The molecule has 0 bridgehead atoms. The summed E-state index contributed by atoms with van der Waals surface area (Å²) < 4.78 is 0. The summed E-state index contributed by atoms with van der Waals surface area (Å²) in [5, 5.41) is 3.79. The molecule has 1 aliphatic heterocycles. The molecule has 1 saturated heterocycles. The minimum absolute atomic E-state index is 0.472. The van der Waals surface area contributed by atoms with Crippen LogP contribution in [0.3, 0.4) is 0 Å². The second-order valence-electron chi connectivity index (χ2n) is 8.55. The molecule has 1 N–H and O–H groups in total. The molecule has 2 heteroatoms. The summed E-state index contributed by atoms with van der Waals surface area (Å²) in [5.41, 5.74) is 0.472. The van der Waals surface area contributed by atoms with Gasteiger partial charge < -0.3 is 5.32 Å². The fraction of sp³-hybridized carbons (Fsp3) is 1.00. The summed E-state index contributed by atoms with van der Waals surface area (Å²) in [7, 11) is 0. The van der Waals surface area contributed by atoms with Gasteiger partial charge in [0.1, 0.15) is 0 Å². The van der Waals surface area contributed by atoms with Crippen LogP contribution in [0.2, 0.25) is 0 Å². The van der Waals surface area contributed by atoms with Crippen molar-refractivity contribution in [3.05, 3.63) is 0 Å². The maximum atomic E-state index is 3.79. The normalized spacial score (nSPS) is 35.3. The van der Waals surface area contributed by atoms with Gasteiger partial charge in [-0.05, 0) is 56.0 Å². The SMILES string of the molecule is CCCC1CCC(NCC)C(N2CCC(C(C)(C)C)C2)C1. The summed E-state index contributed by atoms with van der Waals surface area (Å²) >= 11 is 0. The summed E-state index contributed by atoms with van der Waals surface area (Å²) in [6.07, 6.45) is 8.46. The lowest BCUT2D eigenvalue weighted by atomic mass is 9.78. The van der Waals surface area contributed by atoms with E-state index in [0.717, 1.165) is 30.5 Å². The number of likely N-dealkylation sites (tertiary alicyclic amines) is 1. The van der Waals surface area contributed by atoms with Gasteiger partial charge in [0.05, 0.1) is 0 Å². The quantitative estimate of drug-likeness (QED) is 0.813. The lowest BCUT2D eigenvalue weighted by Crippen LogP contribution is -2.52. The smallest absolute Gasteiger partial charge is 0.0252 e. The highest BCUT2D eigenvalue weighted by atomic mass is 15.2. The average Bonchev–Trinajstić information content (AvgIpc) is 2.90. The lowest BCUT2D eigenvalue weighted by Gasteiger charge is -2.42. The summed E-state index contributed by atoms with van der Waals surface area (Å²) in [6.45, 7) is 15.6. The van der Waals surface area contributed by atoms with E-state index in [1.165, 1.54) is 51.6 Å². The van der Waals surface area contributed by atoms with E-state index in [4.69, 9.17) is 0 Å². The van der Waals surface area contributed by atoms with Gasteiger partial charge in [-0.1, -0.05) is 47.5 Å². The largest absolute Gasteiger partial charge is 0.313 e. The van der Waals surface area contributed by atoms with Crippen molar-refractivity contribution >= 4 is 0 Å². The number of hydrogen-bond acceptors (Lipinski definition) is 2. The van der Waals surface area contributed by atoms with Crippen LogP contribution in [0.15, 0.2) is 0 Å². The van der Waals surface area contributed by atoms with Crippen LogP contribution in [-0.4, -0.2) is 36.6 Å². The average molecular weight is 295 g/mol. The number of nitrogens with one attached hydrogen (secondary N) is 1. The van der Waals surface area contributed by atoms with Gasteiger partial charge in [0, 0.05) is 18.6 Å². The Morgan fingerprint density at radius 2 is 1.86 bits per heavy atom. The van der Waals surface area contributed by atoms with Gasteiger partial charge in [-0.2, -0.15) is 0 Å². The van der Waals surface area contributed by atoms with Crippen LogP contribution < -0.4 is 5.32 Å². The van der Waals surface area contributed by atoms with E-state index in [1.54, 1.807) is 0 Å². The zero-order valence-corrected chi connectivity index (χ0v) is 15.1. The van der Waals surface area contributed by atoms with Crippen LogP contribution in [0, 0.1) is 17.3 Å². The predicted octanol–water partition coefficient (Wildman–Crippen LogP) is 4.30. The van der Waals surface area contributed by atoms with Crippen LogP contribution in [-0.2, 0) is 0 Å². The molecule has 2 aliphatic rings. The molecular weight excluding hydrogens is 256 g/mol. The predicted molar refractivity (Wildman–Crippen MR) is 92.6 cm³/mol. The second-order valence-corrected chi connectivity index (χ2v) is 8.55. The summed E-state index contributed by atoms with van der Waals surface area (Å²) in [5.74, 6) is 1.86. The molecular formula is C19H38N2. The van der Waals surface area contributed by atoms with Crippen molar-refractivity contribution in [2.24, 2.45) is 17.3 Å². The second kappa shape index (κ2) is 7.46. The Hall–Kier alpha value is -0.0800. The van der Waals surface area contributed by atoms with E-state index in [-0.39, 0.29) is 0 Å². The van der Waals surface area contributed by atoms with Gasteiger partial charge in [0.15, 0.2) is 0 Å². The van der Waals surface area contributed by atoms with E-state index in [0.29, 0.717) is 5.41 Å². The molecule has 21 heavy (non-hydrogen) atoms. The molecule has 2 nitrogen and oxygen atoms in total. The minimum Gasteiger partial charge on any atom is -0.313 e. The van der Waals surface area contributed by atoms with E-state index < -0.39 is 0 Å². The van der Waals surface area contributed by atoms with Gasteiger partial charge in [-0.3, -0.25) is 4.90 Å². The first-order valence-electron chi connectivity index (χ1n) is 9.43. The zero-order chi connectivity index (χ0) is 15.5. The summed E-state index contributed by atoms with van der Waals surface area (Å²) in [6, 6.07) is 1.53. The van der Waals surface area contributed by atoms with Crippen molar-refractivity contribution in [3.63, 3.8) is 0 Å². The van der Waals surface area contributed by atoms with Crippen LogP contribution in [0.4, 0.5) is 0 Å². The highest BCUT2D eigenvalue weighted by molar-refractivity contribution is 4.95. The molecule has 0 radical (unpaired) electrons. The van der Waals surface area contributed by atoms with E-state index in [9.17, 15) is 0 Å². The van der Waals surface area contributed by atoms with E-state index >= 15 is 0 Å². The number of likely N-dealkylation sites (N-methyl/N-ethyl adjacent to an activating group) is 1. The Morgan fingerprint density at radius 1 is 1.10 bits per heavy atom. The van der Waals surface area contributed by atoms with Gasteiger partial charge >= 0.3 is 0 Å². The first-order valence-corrected chi connectivity index (χ1v) is 9.43. The van der Waals surface area contributed by atoms with Crippen LogP contribution in [0.25, 0.3) is 0 Å². The Bertz CT molecular complexity index is 307. The fourth-order valence-corrected chi connectivity index (χ4v) is 4.60. The van der Waals surface area contributed by atoms with Gasteiger partial charge in [0.25, 0.3) is 0 Å². The topological polar surface area (TPSA) is 15.3 Å². The van der Waals surface area contributed by atoms with Gasteiger partial charge in [-0.15, -0.1) is 0 Å². The van der Waals surface area contributed by atoms with Crippen molar-refractivity contribution in [3.8, 4) is 0 Å². The van der Waals surface area contributed by atoms with Crippen molar-refractivity contribution < 1.29 is 0 Å². The number of hydrogen-bond donors (Lipinski definition) is 1. The maximum absolute atomic E-state index is 3.79. The van der Waals surface area contributed by atoms with E-state index in [1.807, 2.05) is 0 Å². The molecule has 0 aromatic carbocycles. The molecule has 0 aromatic rings. The Labute approximate surface area is 133 Å². The fourth-order valence-electron chi connectivity index (χ4n) is 4.60. The zero-order valence-electron chi connectivity index (χ0n) is 15.1. The van der Waals surface area contributed by atoms with Gasteiger partial charge in [-0.25, -0.2) is 0 Å². The molecule has 1 saturated carbocycles. The van der Waals surface area contributed by atoms with E-state index in [2.05, 4.69) is 44.8 Å². The Kier molecular flexibility index (Phi) is 6.14. The third kappa shape index (κ3) is 4.45. The molecule has 4 unspecified atom stereocenters. The first-order chi connectivity index (χ1) is 9.95. The molecule has 0 amide bonds. The van der Waals surface area contributed by atoms with Crippen molar-refractivity contribution in [2.75, 3.05) is 19.6 Å². The van der Waals surface area contributed by atoms with Crippen molar-refractivity contribution in [1.29, 1.82) is 0 Å². The number of rotatable bonds is 5. The number of nitrogens with zero attached hydrogens (tertiary/aromatic N) is 1. The first kappa shape index (κ1) is 17.3. The summed E-state index contributed by atoms with van der Waals surface area (Å²) in [4.78, 5) is 2.84. The van der Waals surface area contributed by atoms with Gasteiger partial charge in [0.2, 0.25) is 0 Å². The van der Waals surface area contributed by atoms with Crippen LogP contribution in [0.1, 0.15) is 73.1 Å².